The maximum Gasteiger partial charge on any atom is 0.312 e. The smallest absolute Gasteiger partial charge is 0.312 e. The Morgan fingerprint density at radius 1 is 1.44 bits per heavy atom. The van der Waals surface area contributed by atoms with Crippen LogP contribution < -0.4 is 0 Å². The largest absolute Gasteiger partial charge is 0.481 e. The van der Waals surface area contributed by atoms with Crippen LogP contribution in [0.3, 0.4) is 0 Å². The molecule has 1 saturated carbocycles. The van der Waals surface area contributed by atoms with Crippen molar-refractivity contribution in [1.29, 1.82) is 0 Å². The summed E-state index contributed by atoms with van der Waals surface area (Å²) in [5, 5.41) is 8.85. The quantitative estimate of drug-likeness (QED) is 0.610. The van der Waals surface area contributed by atoms with Crippen LogP contribution >= 0.6 is 0 Å². The molecular formula is C11H14F2O5. The first-order chi connectivity index (χ1) is 8.26. The normalized spacial score (nSPS) is 30.5. The first-order valence-electron chi connectivity index (χ1n) is 5.39. The molecule has 0 saturated heterocycles. The van der Waals surface area contributed by atoms with E-state index in [4.69, 9.17) is 5.11 Å². The van der Waals surface area contributed by atoms with Crippen molar-refractivity contribution in [3.05, 3.63) is 0 Å². The molecule has 1 fully saturated rings. The van der Waals surface area contributed by atoms with E-state index in [-0.39, 0.29) is 6.42 Å². The fourth-order valence-corrected chi connectivity index (χ4v) is 2.49. The van der Waals surface area contributed by atoms with E-state index in [1.54, 1.807) is 0 Å². The van der Waals surface area contributed by atoms with E-state index < -0.39 is 48.5 Å². The summed E-state index contributed by atoms with van der Waals surface area (Å²) in [6, 6.07) is 0. The van der Waals surface area contributed by atoms with Gasteiger partial charge in [0.2, 0.25) is 5.92 Å². The zero-order valence-electron chi connectivity index (χ0n) is 9.82. The first-order valence-corrected chi connectivity index (χ1v) is 5.39. The van der Waals surface area contributed by atoms with Gasteiger partial charge < -0.3 is 14.6 Å². The van der Waals surface area contributed by atoms with Gasteiger partial charge in [-0.2, -0.15) is 0 Å². The molecule has 0 spiro atoms. The molecule has 0 aliphatic heterocycles. The number of carbonyl (C=O) groups excluding carboxylic acids is 2. The highest BCUT2D eigenvalue weighted by Crippen LogP contribution is 2.49. The molecule has 2 atom stereocenters. The van der Waals surface area contributed by atoms with Crippen LogP contribution in [-0.4, -0.2) is 36.4 Å². The average Bonchev–Trinajstić information content (AvgIpc) is 2.26. The second-order valence-electron chi connectivity index (χ2n) is 4.62. The molecule has 0 bridgehead atoms. The molecule has 0 radical (unpaired) electrons. The van der Waals surface area contributed by atoms with Gasteiger partial charge in [-0.15, -0.1) is 0 Å². The number of rotatable bonds is 4. The average molecular weight is 264 g/mol. The number of methoxy groups -OCH3 is 1. The molecule has 0 heterocycles. The monoisotopic (exact) mass is 264 g/mol. The van der Waals surface area contributed by atoms with Crippen LogP contribution in [0.5, 0.6) is 0 Å². The van der Waals surface area contributed by atoms with Gasteiger partial charge in [-0.25, -0.2) is 8.78 Å². The van der Waals surface area contributed by atoms with Crippen molar-refractivity contribution in [1.82, 2.24) is 0 Å². The van der Waals surface area contributed by atoms with Crippen molar-refractivity contribution >= 4 is 18.2 Å². The lowest BCUT2D eigenvalue weighted by molar-refractivity contribution is -0.177. The van der Waals surface area contributed by atoms with Gasteiger partial charge in [-0.05, 0) is 6.42 Å². The first kappa shape index (κ1) is 14.5. The Hall–Kier alpha value is -1.53. The fraction of sp³-hybridized carbons (Fsp3) is 0.727. The summed E-state index contributed by atoms with van der Waals surface area (Å²) in [5.41, 5.74) is -1.73. The van der Waals surface area contributed by atoms with Crippen molar-refractivity contribution in [2.24, 2.45) is 11.3 Å². The van der Waals surface area contributed by atoms with E-state index in [2.05, 4.69) is 4.74 Å². The number of hydrogen-bond acceptors (Lipinski definition) is 4. The second kappa shape index (κ2) is 4.99. The highest BCUT2D eigenvalue weighted by Gasteiger charge is 2.55. The fourth-order valence-electron chi connectivity index (χ4n) is 2.49. The van der Waals surface area contributed by atoms with Crippen LogP contribution in [0.1, 0.15) is 25.7 Å². The molecule has 1 aliphatic rings. The summed E-state index contributed by atoms with van der Waals surface area (Å²) in [6.07, 6.45) is -2.09. The Balaban J connectivity index is 3.11. The van der Waals surface area contributed by atoms with Crippen molar-refractivity contribution in [2.45, 2.75) is 31.6 Å². The molecule has 102 valence electrons. The van der Waals surface area contributed by atoms with Gasteiger partial charge in [-0.3, -0.25) is 9.59 Å². The van der Waals surface area contributed by atoms with Crippen molar-refractivity contribution < 1.29 is 33.0 Å². The van der Waals surface area contributed by atoms with Crippen molar-refractivity contribution in [3.8, 4) is 0 Å². The second-order valence-corrected chi connectivity index (χ2v) is 4.62. The Labute approximate surface area is 102 Å². The summed E-state index contributed by atoms with van der Waals surface area (Å²) in [4.78, 5) is 33.1. The number of aldehydes is 1. The molecule has 0 aromatic heterocycles. The number of carboxylic acid groups (broad SMARTS) is 1. The molecule has 7 heteroatoms. The van der Waals surface area contributed by atoms with Crippen LogP contribution in [-0.2, 0) is 19.1 Å². The van der Waals surface area contributed by atoms with E-state index in [1.807, 2.05) is 0 Å². The summed E-state index contributed by atoms with van der Waals surface area (Å²) in [6.45, 7) is 0. The van der Waals surface area contributed by atoms with Crippen LogP contribution in [0.15, 0.2) is 0 Å². The van der Waals surface area contributed by atoms with Gasteiger partial charge in [0.05, 0.1) is 18.4 Å². The van der Waals surface area contributed by atoms with Crippen molar-refractivity contribution in [2.75, 3.05) is 7.11 Å². The molecule has 0 amide bonds. The van der Waals surface area contributed by atoms with E-state index in [1.165, 1.54) is 0 Å². The summed E-state index contributed by atoms with van der Waals surface area (Å²) >= 11 is 0. The molecule has 0 aromatic carbocycles. The van der Waals surface area contributed by atoms with Gasteiger partial charge in [0.15, 0.2) is 0 Å². The molecule has 5 nitrogen and oxygen atoms in total. The lowest BCUT2D eigenvalue weighted by atomic mass is 9.66. The number of halogens is 2. The van der Waals surface area contributed by atoms with E-state index >= 15 is 0 Å². The number of hydrogen-bond donors (Lipinski definition) is 1. The Morgan fingerprint density at radius 3 is 2.50 bits per heavy atom. The van der Waals surface area contributed by atoms with E-state index in [0.717, 1.165) is 7.11 Å². The molecule has 1 N–H and O–H groups in total. The Morgan fingerprint density at radius 2 is 2.06 bits per heavy atom. The summed E-state index contributed by atoms with van der Waals surface area (Å²) in [7, 11) is 1.03. The molecule has 18 heavy (non-hydrogen) atoms. The molecule has 2 unspecified atom stereocenters. The maximum atomic E-state index is 13.5. The van der Waals surface area contributed by atoms with Gasteiger partial charge in [-0.1, -0.05) is 0 Å². The van der Waals surface area contributed by atoms with Gasteiger partial charge in [0.1, 0.15) is 6.29 Å². The lowest BCUT2D eigenvalue weighted by Crippen LogP contribution is -2.47. The van der Waals surface area contributed by atoms with Gasteiger partial charge in [0, 0.05) is 19.3 Å². The predicted octanol–water partition coefficient (Wildman–Crippen LogP) is 1.25. The molecule has 0 aromatic rings. The van der Waals surface area contributed by atoms with E-state index in [9.17, 15) is 23.2 Å². The third-order valence-electron chi connectivity index (χ3n) is 3.22. The molecule has 1 rings (SSSR count). The number of aliphatic carboxylic acids is 1. The summed E-state index contributed by atoms with van der Waals surface area (Å²) in [5.74, 6) is -7.00. The molecule has 1 aliphatic carbocycles. The Kier molecular flexibility index (Phi) is 4.03. The van der Waals surface area contributed by atoms with Gasteiger partial charge >= 0.3 is 11.9 Å². The lowest BCUT2D eigenvalue weighted by Gasteiger charge is -2.40. The number of carboxylic acids is 1. The van der Waals surface area contributed by atoms with E-state index in [0.29, 0.717) is 6.29 Å². The number of esters is 1. The standard InChI is InChI=1S/C11H14F2O5/c1-18-9(17)10(2-3-14)4-7(8(15)16)5-11(12,13)6-10/h3,7H,2,4-6H2,1H3,(H,15,16). The van der Waals surface area contributed by atoms with Gasteiger partial charge in [0.25, 0.3) is 0 Å². The minimum atomic E-state index is -3.29. The SMILES string of the molecule is COC(=O)C1(CC=O)CC(C(=O)O)CC(F)(F)C1. The van der Waals surface area contributed by atoms with Crippen LogP contribution in [0.4, 0.5) is 8.78 Å². The topological polar surface area (TPSA) is 80.7 Å². The maximum absolute atomic E-state index is 13.5. The minimum Gasteiger partial charge on any atom is -0.481 e. The molecular weight excluding hydrogens is 250 g/mol. The number of alkyl halides is 2. The third kappa shape index (κ3) is 2.83. The number of ether oxygens (including phenoxy) is 1. The van der Waals surface area contributed by atoms with Crippen molar-refractivity contribution in [3.63, 3.8) is 0 Å². The zero-order valence-corrected chi connectivity index (χ0v) is 9.82. The highest BCUT2D eigenvalue weighted by molar-refractivity contribution is 5.81. The van der Waals surface area contributed by atoms with Crippen LogP contribution in [0.25, 0.3) is 0 Å². The summed E-state index contributed by atoms with van der Waals surface area (Å²) < 4.78 is 31.5. The Bertz CT molecular complexity index is 368. The zero-order chi connectivity index (χ0) is 14.0. The van der Waals surface area contributed by atoms with Crippen LogP contribution in [0.2, 0.25) is 0 Å². The highest BCUT2D eigenvalue weighted by atomic mass is 19.3. The number of carbonyl (C=O) groups is 3. The minimum absolute atomic E-state index is 0.302. The predicted molar refractivity (Wildman–Crippen MR) is 55.1 cm³/mol. The van der Waals surface area contributed by atoms with Crippen LogP contribution in [0, 0.1) is 11.3 Å². The third-order valence-corrected chi connectivity index (χ3v) is 3.22.